The van der Waals surface area contributed by atoms with Crippen molar-refractivity contribution in [2.75, 3.05) is 25.1 Å². The van der Waals surface area contributed by atoms with Crippen molar-refractivity contribution in [3.8, 4) is 0 Å². The first-order valence-electron chi connectivity index (χ1n) is 9.66. The Balaban J connectivity index is 2.05. The molecule has 3 aromatic rings. The Morgan fingerprint density at radius 1 is 1.41 bits per heavy atom. The van der Waals surface area contributed by atoms with Crippen molar-refractivity contribution in [3.63, 3.8) is 0 Å². The van der Waals surface area contributed by atoms with Gasteiger partial charge in [-0.3, -0.25) is 9.63 Å². The van der Waals surface area contributed by atoms with E-state index in [0.29, 0.717) is 29.2 Å². The van der Waals surface area contributed by atoms with Crippen LogP contribution in [0.25, 0.3) is 11.0 Å². The molecule has 12 heteroatoms. The Morgan fingerprint density at radius 3 is 2.88 bits per heavy atom. The van der Waals surface area contributed by atoms with E-state index in [-0.39, 0.29) is 36.5 Å². The average molecular weight is 531 g/mol. The topological polar surface area (TPSA) is 135 Å². The largest absolute Gasteiger partial charge is 0.394 e. The number of nitrogens with zero attached hydrogens (tertiary/aromatic N) is 2. The molecule has 0 saturated carbocycles. The zero-order valence-corrected chi connectivity index (χ0v) is 19.2. The highest BCUT2D eigenvalue weighted by molar-refractivity contribution is 9.10. The summed E-state index contributed by atoms with van der Waals surface area (Å²) >= 11 is 9.56. The van der Waals surface area contributed by atoms with Gasteiger partial charge in [0.15, 0.2) is 5.82 Å². The number of aryl methyl sites for hydroxylation is 1. The molecule has 2 aromatic carbocycles. The molecule has 0 spiro atoms. The second kappa shape index (κ2) is 11.0. The predicted octanol–water partition coefficient (Wildman–Crippen LogP) is 2.70. The second-order valence-corrected chi connectivity index (χ2v) is 8.17. The van der Waals surface area contributed by atoms with E-state index in [0.717, 1.165) is 4.47 Å². The molecule has 0 saturated heterocycles. The van der Waals surface area contributed by atoms with Crippen molar-refractivity contribution >= 4 is 55.8 Å². The van der Waals surface area contributed by atoms with Gasteiger partial charge >= 0.3 is 0 Å². The molecule has 1 heterocycles. The smallest absolute Gasteiger partial charge is 0.277 e. The summed E-state index contributed by atoms with van der Waals surface area (Å²) in [6.45, 7) is -0.0171. The van der Waals surface area contributed by atoms with Crippen molar-refractivity contribution in [1.29, 1.82) is 0 Å². The zero-order chi connectivity index (χ0) is 23.3. The summed E-state index contributed by atoms with van der Waals surface area (Å²) in [4.78, 5) is 21.8. The van der Waals surface area contributed by atoms with Crippen LogP contribution in [0.2, 0.25) is 5.02 Å². The number of hydroxylamine groups is 1. The van der Waals surface area contributed by atoms with E-state index in [1.165, 1.54) is 12.4 Å². The maximum atomic E-state index is 15.5. The van der Waals surface area contributed by atoms with Gasteiger partial charge in [0.2, 0.25) is 0 Å². The first-order chi connectivity index (χ1) is 15.3. The first-order valence-corrected chi connectivity index (χ1v) is 10.8. The second-order valence-electron chi connectivity index (χ2n) is 6.85. The van der Waals surface area contributed by atoms with E-state index in [2.05, 4.69) is 31.7 Å². The third kappa shape index (κ3) is 5.55. The molecule has 0 aliphatic rings. The van der Waals surface area contributed by atoms with Crippen LogP contribution in [0.3, 0.4) is 0 Å². The van der Waals surface area contributed by atoms with E-state index in [1.54, 1.807) is 22.8 Å². The molecule has 1 atom stereocenters. The van der Waals surface area contributed by atoms with Gasteiger partial charge in [-0.25, -0.2) is 14.9 Å². The number of aromatic nitrogens is 2. The number of fused-ring (bicyclic) bond motifs is 1. The summed E-state index contributed by atoms with van der Waals surface area (Å²) in [6.07, 6.45) is 1.05. The van der Waals surface area contributed by atoms with Crippen molar-refractivity contribution in [1.82, 2.24) is 15.0 Å². The van der Waals surface area contributed by atoms with Crippen LogP contribution in [0.15, 0.2) is 35.1 Å². The number of amides is 1. The van der Waals surface area contributed by atoms with E-state index in [4.69, 9.17) is 27.3 Å². The SMILES string of the molecule is NCC(O)CCn1cnc2c(F)c(Nc3ccc(Br)cc3Cl)c(C(=O)NOCCO)cc21. The van der Waals surface area contributed by atoms with Gasteiger partial charge in [0.05, 0.1) is 53.1 Å². The fourth-order valence-corrected chi connectivity index (χ4v) is 3.71. The number of hydrogen-bond acceptors (Lipinski definition) is 7. The van der Waals surface area contributed by atoms with Gasteiger partial charge in [-0.2, -0.15) is 0 Å². The number of nitrogens with one attached hydrogen (secondary N) is 2. The summed E-state index contributed by atoms with van der Waals surface area (Å²) in [6, 6.07) is 6.44. The van der Waals surface area contributed by atoms with Gasteiger partial charge in [-0.15, -0.1) is 0 Å². The van der Waals surface area contributed by atoms with Crippen LogP contribution in [0.5, 0.6) is 0 Å². The number of halogens is 3. The number of imidazole rings is 1. The zero-order valence-electron chi connectivity index (χ0n) is 16.8. The van der Waals surface area contributed by atoms with E-state index in [9.17, 15) is 9.90 Å². The first kappa shape index (κ1) is 24.4. The summed E-state index contributed by atoms with van der Waals surface area (Å²) in [5, 5.41) is 21.8. The van der Waals surface area contributed by atoms with Gasteiger partial charge in [0.1, 0.15) is 5.52 Å². The summed E-state index contributed by atoms with van der Waals surface area (Å²) < 4.78 is 17.9. The molecule has 0 fully saturated rings. The lowest BCUT2D eigenvalue weighted by Crippen LogP contribution is -2.26. The van der Waals surface area contributed by atoms with E-state index in [1.807, 2.05) is 0 Å². The standard InChI is InChI=1S/C20H22BrClFN5O4/c21-11-1-2-15(14(22)7-11)26-18-13(20(31)27-32-6-5-29)8-16-19(17(18)23)25-10-28(16)4-3-12(30)9-24/h1-2,7-8,10,12,26,29-30H,3-6,9,24H2,(H,27,31). The lowest BCUT2D eigenvalue weighted by molar-refractivity contribution is 0.0169. The highest BCUT2D eigenvalue weighted by Crippen LogP contribution is 2.34. The van der Waals surface area contributed by atoms with Crippen LogP contribution >= 0.6 is 27.5 Å². The number of nitrogens with two attached hydrogens (primary N) is 1. The quantitative estimate of drug-likeness (QED) is 0.201. The molecule has 3 rings (SSSR count). The Labute approximate surface area is 196 Å². The molecule has 6 N–H and O–H groups in total. The molecule has 1 aromatic heterocycles. The Hall–Kier alpha value is -2.28. The van der Waals surface area contributed by atoms with Gasteiger partial charge in [-0.05, 0) is 30.7 Å². The number of carbonyl (C=O) groups is 1. The average Bonchev–Trinajstić information content (AvgIpc) is 3.18. The third-order valence-corrected chi connectivity index (χ3v) is 5.43. The Kier molecular flexibility index (Phi) is 8.40. The van der Waals surface area contributed by atoms with Crippen molar-refractivity contribution < 1.29 is 24.2 Å². The molecule has 0 radical (unpaired) electrons. The number of aliphatic hydroxyl groups is 2. The molecule has 0 aliphatic carbocycles. The third-order valence-electron chi connectivity index (χ3n) is 4.63. The minimum Gasteiger partial charge on any atom is -0.394 e. The van der Waals surface area contributed by atoms with Gasteiger partial charge in [0, 0.05) is 17.6 Å². The lowest BCUT2D eigenvalue weighted by Gasteiger charge is -2.16. The molecule has 9 nitrogen and oxygen atoms in total. The van der Waals surface area contributed by atoms with Gasteiger partial charge < -0.3 is 25.8 Å². The maximum Gasteiger partial charge on any atom is 0.277 e. The van der Waals surface area contributed by atoms with E-state index >= 15 is 4.39 Å². The molecule has 0 aliphatic heterocycles. The van der Waals surface area contributed by atoms with Gasteiger partial charge in [0.25, 0.3) is 5.91 Å². The normalized spacial score (nSPS) is 12.2. The van der Waals surface area contributed by atoms with Crippen LogP contribution in [-0.2, 0) is 11.4 Å². The highest BCUT2D eigenvalue weighted by atomic mass is 79.9. The predicted molar refractivity (Wildman–Crippen MR) is 122 cm³/mol. The number of carbonyl (C=O) groups excluding carboxylic acids is 1. The number of benzene rings is 2. The fraction of sp³-hybridized carbons (Fsp3) is 0.300. The van der Waals surface area contributed by atoms with Crippen LogP contribution < -0.4 is 16.5 Å². The Bertz CT molecular complexity index is 1110. The number of aliphatic hydroxyl groups excluding tert-OH is 2. The van der Waals surface area contributed by atoms with Crippen LogP contribution in [0, 0.1) is 5.82 Å². The van der Waals surface area contributed by atoms with Gasteiger partial charge in [-0.1, -0.05) is 27.5 Å². The molecule has 1 amide bonds. The molecular weight excluding hydrogens is 509 g/mol. The Morgan fingerprint density at radius 2 is 2.19 bits per heavy atom. The van der Waals surface area contributed by atoms with Crippen molar-refractivity contribution in [2.45, 2.75) is 19.1 Å². The monoisotopic (exact) mass is 529 g/mol. The number of hydrogen-bond donors (Lipinski definition) is 5. The number of rotatable bonds is 10. The minimum atomic E-state index is -0.757. The summed E-state index contributed by atoms with van der Waals surface area (Å²) in [5.74, 6) is -1.49. The molecular formula is C20H22BrClFN5O4. The number of anilines is 2. The molecule has 32 heavy (non-hydrogen) atoms. The molecule has 172 valence electrons. The summed E-state index contributed by atoms with van der Waals surface area (Å²) in [7, 11) is 0. The molecule has 0 bridgehead atoms. The van der Waals surface area contributed by atoms with Crippen LogP contribution in [0.1, 0.15) is 16.8 Å². The molecule has 1 unspecified atom stereocenters. The summed E-state index contributed by atoms with van der Waals surface area (Å²) in [5.41, 5.74) is 8.19. The van der Waals surface area contributed by atoms with E-state index < -0.39 is 17.8 Å². The van der Waals surface area contributed by atoms with Crippen LogP contribution in [0.4, 0.5) is 15.8 Å². The fourth-order valence-electron chi connectivity index (χ4n) is 2.99. The van der Waals surface area contributed by atoms with Crippen molar-refractivity contribution in [3.05, 3.63) is 51.5 Å². The highest BCUT2D eigenvalue weighted by Gasteiger charge is 2.23. The van der Waals surface area contributed by atoms with Crippen LogP contribution in [-0.4, -0.2) is 51.5 Å². The minimum absolute atomic E-state index is 0.0378. The lowest BCUT2D eigenvalue weighted by atomic mass is 10.1. The maximum absolute atomic E-state index is 15.5. The van der Waals surface area contributed by atoms with Crippen molar-refractivity contribution in [2.24, 2.45) is 5.73 Å².